The van der Waals surface area contributed by atoms with E-state index in [1.165, 1.54) is 18.2 Å². The summed E-state index contributed by atoms with van der Waals surface area (Å²) >= 11 is 0. The van der Waals surface area contributed by atoms with E-state index in [0.717, 1.165) is 6.42 Å². The number of hydrogen-bond acceptors (Lipinski definition) is 4. The van der Waals surface area contributed by atoms with Crippen molar-refractivity contribution >= 4 is 11.7 Å². The zero-order valence-electron chi connectivity index (χ0n) is 12.1. The summed E-state index contributed by atoms with van der Waals surface area (Å²) in [5.74, 6) is -0.375. The van der Waals surface area contributed by atoms with Gasteiger partial charge in [-0.1, -0.05) is 27.7 Å². The number of benzene rings is 1. The Balaban J connectivity index is 2.58. The minimum Gasteiger partial charge on any atom is -0.507 e. The van der Waals surface area contributed by atoms with Gasteiger partial charge in [-0.05, 0) is 36.0 Å². The van der Waals surface area contributed by atoms with Crippen molar-refractivity contribution in [2.24, 2.45) is 11.3 Å². The number of phenolic OH excluding ortho intramolecular Hbond substituents is 1. The molecule has 1 aromatic carbocycles. The van der Waals surface area contributed by atoms with E-state index in [9.17, 15) is 9.90 Å². The van der Waals surface area contributed by atoms with Gasteiger partial charge in [0.25, 0.3) is 0 Å². The zero-order chi connectivity index (χ0) is 14.6. The molecule has 0 aliphatic carbocycles. The zero-order valence-corrected chi connectivity index (χ0v) is 12.1. The van der Waals surface area contributed by atoms with E-state index in [1.54, 1.807) is 0 Å². The van der Waals surface area contributed by atoms with Gasteiger partial charge in [0.15, 0.2) is 0 Å². The van der Waals surface area contributed by atoms with Gasteiger partial charge in [-0.25, -0.2) is 4.79 Å². The SMILES string of the molecule is C[C@@H](COC(=O)c1cc(N)ccc1O)CC(C)(C)C. The molecule has 3 N–H and O–H groups in total. The number of anilines is 1. The molecule has 1 rings (SSSR count). The van der Waals surface area contributed by atoms with Gasteiger partial charge < -0.3 is 15.6 Å². The molecule has 106 valence electrons. The lowest BCUT2D eigenvalue weighted by Crippen LogP contribution is -2.18. The van der Waals surface area contributed by atoms with E-state index in [1.807, 2.05) is 6.92 Å². The lowest BCUT2D eigenvalue weighted by Gasteiger charge is -2.22. The highest BCUT2D eigenvalue weighted by atomic mass is 16.5. The monoisotopic (exact) mass is 265 g/mol. The van der Waals surface area contributed by atoms with Gasteiger partial charge in [-0.15, -0.1) is 0 Å². The topological polar surface area (TPSA) is 72.5 Å². The van der Waals surface area contributed by atoms with Crippen LogP contribution in [0.2, 0.25) is 0 Å². The Labute approximate surface area is 114 Å². The first-order valence-electron chi connectivity index (χ1n) is 6.44. The number of nitrogen functional groups attached to an aromatic ring is 1. The summed E-state index contributed by atoms with van der Waals surface area (Å²) in [6.45, 7) is 8.82. The number of phenols is 1. The fourth-order valence-corrected chi connectivity index (χ4v) is 2.12. The molecular formula is C15H23NO3. The Morgan fingerprint density at radius 2 is 2.05 bits per heavy atom. The molecule has 1 atom stereocenters. The number of esters is 1. The fraction of sp³-hybridized carbons (Fsp3) is 0.533. The molecule has 19 heavy (non-hydrogen) atoms. The highest BCUT2D eigenvalue weighted by Gasteiger charge is 2.18. The van der Waals surface area contributed by atoms with Crippen LogP contribution in [-0.4, -0.2) is 17.7 Å². The Hall–Kier alpha value is -1.71. The van der Waals surface area contributed by atoms with Gasteiger partial charge in [0.2, 0.25) is 0 Å². The van der Waals surface area contributed by atoms with Gasteiger partial charge >= 0.3 is 5.97 Å². The van der Waals surface area contributed by atoms with Crippen LogP contribution in [0.3, 0.4) is 0 Å². The van der Waals surface area contributed by atoms with Crippen molar-refractivity contribution in [3.63, 3.8) is 0 Å². The number of carbonyl (C=O) groups is 1. The van der Waals surface area contributed by atoms with Crippen molar-refractivity contribution in [1.29, 1.82) is 0 Å². The molecule has 0 fully saturated rings. The fourth-order valence-electron chi connectivity index (χ4n) is 2.12. The Morgan fingerprint density at radius 1 is 1.42 bits per heavy atom. The van der Waals surface area contributed by atoms with Crippen molar-refractivity contribution in [3.8, 4) is 5.75 Å². The molecule has 0 heterocycles. The molecule has 4 nitrogen and oxygen atoms in total. The number of hydrogen-bond donors (Lipinski definition) is 2. The van der Waals surface area contributed by atoms with Crippen LogP contribution < -0.4 is 5.73 Å². The summed E-state index contributed by atoms with van der Waals surface area (Å²) in [7, 11) is 0. The summed E-state index contributed by atoms with van der Waals surface area (Å²) < 4.78 is 5.22. The molecule has 0 saturated heterocycles. The normalized spacial score (nSPS) is 13.1. The number of aromatic hydroxyl groups is 1. The van der Waals surface area contributed by atoms with Crippen LogP contribution in [0.5, 0.6) is 5.75 Å². The first kappa shape index (κ1) is 15.3. The van der Waals surface area contributed by atoms with Crippen molar-refractivity contribution < 1.29 is 14.6 Å². The van der Waals surface area contributed by atoms with Crippen LogP contribution in [0, 0.1) is 11.3 Å². The van der Waals surface area contributed by atoms with Crippen molar-refractivity contribution in [2.75, 3.05) is 12.3 Å². The van der Waals surface area contributed by atoms with E-state index in [0.29, 0.717) is 12.3 Å². The molecule has 0 aromatic heterocycles. The van der Waals surface area contributed by atoms with Crippen LogP contribution in [0.4, 0.5) is 5.69 Å². The van der Waals surface area contributed by atoms with Gasteiger partial charge in [-0.3, -0.25) is 0 Å². The van der Waals surface area contributed by atoms with Crippen LogP contribution in [0.1, 0.15) is 44.5 Å². The van der Waals surface area contributed by atoms with E-state index < -0.39 is 5.97 Å². The van der Waals surface area contributed by atoms with Crippen molar-refractivity contribution in [3.05, 3.63) is 23.8 Å². The maximum absolute atomic E-state index is 11.9. The first-order valence-corrected chi connectivity index (χ1v) is 6.44. The smallest absolute Gasteiger partial charge is 0.341 e. The minimum atomic E-state index is -0.537. The second-order valence-corrected chi connectivity index (χ2v) is 6.25. The summed E-state index contributed by atoms with van der Waals surface area (Å²) in [5, 5.41) is 9.60. The second-order valence-electron chi connectivity index (χ2n) is 6.25. The van der Waals surface area contributed by atoms with Gasteiger partial charge in [0, 0.05) is 5.69 Å². The van der Waals surface area contributed by atoms with E-state index >= 15 is 0 Å². The van der Waals surface area contributed by atoms with Crippen LogP contribution >= 0.6 is 0 Å². The first-order chi connectivity index (χ1) is 8.69. The molecule has 0 amide bonds. The molecule has 0 saturated carbocycles. The lowest BCUT2D eigenvalue weighted by atomic mass is 9.86. The van der Waals surface area contributed by atoms with E-state index in [2.05, 4.69) is 20.8 Å². The predicted molar refractivity (Wildman–Crippen MR) is 76.0 cm³/mol. The quantitative estimate of drug-likeness (QED) is 0.498. The standard InChI is InChI=1S/C15H23NO3/c1-10(8-15(2,3)4)9-19-14(18)12-7-11(16)5-6-13(12)17/h5-7,10,17H,8-9,16H2,1-4H3/t10-/m1/s1. The maximum Gasteiger partial charge on any atom is 0.341 e. The third-order valence-corrected chi connectivity index (χ3v) is 2.70. The Kier molecular flexibility index (Phi) is 4.81. The molecule has 4 heteroatoms. The van der Waals surface area contributed by atoms with Crippen LogP contribution in [-0.2, 0) is 4.74 Å². The van der Waals surface area contributed by atoms with E-state index in [-0.39, 0.29) is 22.6 Å². The molecule has 0 radical (unpaired) electrons. The molecule has 0 unspecified atom stereocenters. The highest BCUT2D eigenvalue weighted by Crippen LogP contribution is 2.25. The molecule has 1 aromatic rings. The number of ether oxygens (including phenoxy) is 1. The third kappa shape index (κ3) is 5.20. The Bertz CT molecular complexity index is 449. The average molecular weight is 265 g/mol. The number of carbonyl (C=O) groups excluding carboxylic acids is 1. The molecule has 0 aliphatic rings. The predicted octanol–water partition coefficient (Wildman–Crippen LogP) is 3.20. The molecular weight excluding hydrogens is 242 g/mol. The Morgan fingerprint density at radius 3 is 2.63 bits per heavy atom. The molecule has 0 aliphatic heterocycles. The number of rotatable bonds is 4. The van der Waals surface area contributed by atoms with E-state index in [4.69, 9.17) is 10.5 Å². The molecule has 0 bridgehead atoms. The highest BCUT2D eigenvalue weighted by molar-refractivity contribution is 5.93. The largest absolute Gasteiger partial charge is 0.507 e. The van der Waals surface area contributed by atoms with Gasteiger partial charge in [-0.2, -0.15) is 0 Å². The van der Waals surface area contributed by atoms with Gasteiger partial charge in [0.1, 0.15) is 11.3 Å². The summed E-state index contributed by atoms with van der Waals surface area (Å²) in [4.78, 5) is 11.9. The number of nitrogens with two attached hydrogens (primary N) is 1. The molecule has 0 spiro atoms. The second kappa shape index (κ2) is 5.95. The van der Waals surface area contributed by atoms with Gasteiger partial charge in [0.05, 0.1) is 6.61 Å². The minimum absolute atomic E-state index is 0.109. The average Bonchev–Trinajstić information content (AvgIpc) is 2.27. The summed E-state index contributed by atoms with van der Waals surface area (Å²) in [6.07, 6.45) is 0.961. The van der Waals surface area contributed by atoms with Crippen molar-refractivity contribution in [1.82, 2.24) is 0 Å². The van der Waals surface area contributed by atoms with Crippen LogP contribution in [0.15, 0.2) is 18.2 Å². The van der Waals surface area contributed by atoms with Crippen molar-refractivity contribution in [2.45, 2.75) is 34.1 Å². The maximum atomic E-state index is 11.9. The third-order valence-electron chi connectivity index (χ3n) is 2.70. The summed E-state index contributed by atoms with van der Waals surface area (Å²) in [5.41, 5.74) is 6.32. The van der Waals surface area contributed by atoms with Crippen LogP contribution in [0.25, 0.3) is 0 Å². The lowest BCUT2D eigenvalue weighted by molar-refractivity contribution is 0.0417. The summed E-state index contributed by atoms with van der Waals surface area (Å²) in [6, 6.07) is 4.35.